The van der Waals surface area contributed by atoms with E-state index >= 15 is 0 Å². The summed E-state index contributed by atoms with van der Waals surface area (Å²) in [6.07, 6.45) is 1.75. The molecular formula is C11H15NO. The highest BCUT2D eigenvalue weighted by atomic mass is 16.3. The molecule has 0 radical (unpaired) electrons. The van der Waals surface area contributed by atoms with Gasteiger partial charge in [-0.05, 0) is 11.8 Å². The zero-order valence-electron chi connectivity index (χ0n) is 7.69. The lowest BCUT2D eigenvalue weighted by atomic mass is 10.2. The van der Waals surface area contributed by atoms with Gasteiger partial charge in [-0.3, -0.25) is 0 Å². The molecule has 0 aliphatic heterocycles. The van der Waals surface area contributed by atoms with Gasteiger partial charge in [-0.1, -0.05) is 36.9 Å². The summed E-state index contributed by atoms with van der Waals surface area (Å²) in [6.45, 7) is 5.30. The predicted molar refractivity (Wildman–Crippen MR) is 54.1 cm³/mol. The highest BCUT2D eigenvalue weighted by molar-refractivity contribution is 5.14. The Morgan fingerprint density at radius 2 is 2.00 bits per heavy atom. The van der Waals surface area contributed by atoms with Gasteiger partial charge >= 0.3 is 0 Å². The molecule has 0 saturated carbocycles. The Hall–Kier alpha value is -1.28. The van der Waals surface area contributed by atoms with Gasteiger partial charge in [0.15, 0.2) is 0 Å². The van der Waals surface area contributed by atoms with Crippen LogP contribution in [0.25, 0.3) is 0 Å². The van der Waals surface area contributed by atoms with Crippen molar-refractivity contribution in [2.75, 3.05) is 13.2 Å². The molecule has 0 amide bonds. The van der Waals surface area contributed by atoms with Gasteiger partial charge in [0.25, 0.3) is 0 Å². The van der Waals surface area contributed by atoms with Crippen LogP contribution in [-0.2, 0) is 6.54 Å². The molecule has 0 aliphatic carbocycles. The van der Waals surface area contributed by atoms with E-state index in [-0.39, 0.29) is 6.61 Å². The lowest BCUT2D eigenvalue weighted by Crippen LogP contribution is -2.20. The van der Waals surface area contributed by atoms with Crippen molar-refractivity contribution in [3.63, 3.8) is 0 Å². The van der Waals surface area contributed by atoms with Crippen LogP contribution in [0.15, 0.2) is 43.1 Å². The largest absolute Gasteiger partial charge is 0.395 e. The molecule has 0 aliphatic rings. The first-order valence-corrected chi connectivity index (χ1v) is 4.38. The highest BCUT2D eigenvalue weighted by Gasteiger charge is 1.97. The molecule has 13 heavy (non-hydrogen) atoms. The molecule has 1 N–H and O–H groups in total. The molecule has 1 rings (SSSR count). The third-order valence-electron chi connectivity index (χ3n) is 1.87. The quantitative estimate of drug-likeness (QED) is 0.738. The summed E-state index contributed by atoms with van der Waals surface area (Å²) in [6, 6.07) is 10.1. The molecule has 1 aromatic carbocycles. The van der Waals surface area contributed by atoms with Crippen molar-refractivity contribution in [3.05, 3.63) is 48.7 Å². The van der Waals surface area contributed by atoms with Gasteiger partial charge in [-0.15, -0.1) is 0 Å². The number of aliphatic hydroxyl groups excluding tert-OH is 1. The van der Waals surface area contributed by atoms with Crippen LogP contribution in [-0.4, -0.2) is 23.2 Å². The summed E-state index contributed by atoms with van der Waals surface area (Å²) in [7, 11) is 0. The topological polar surface area (TPSA) is 23.5 Å². The maximum atomic E-state index is 8.76. The molecule has 2 nitrogen and oxygen atoms in total. The van der Waals surface area contributed by atoms with Crippen LogP contribution in [0.3, 0.4) is 0 Å². The number of rotatable bonds is 5. The van der Waals surface area contributed by atoms with E-state index < -0.39 is 0 Å². The van der Waals surface area contributed by atoms with Crippen LogP contribution in [0.2, 0.25) is 0 Å². The molecule has 0 heterocycles. The third kappa shape index (κ3) is 3.30. The van der Waals surface area contributed by atoms with E-state index in [0.29, 0.717) is 6.54 Å². The molecule has 0 saturated heterocycles. The van der Waals surface area contributed by atoms with Crippen molar-refractivity contribution in [1.82, 2.24) is 4.90 Å². The summed E-state index contributed by atoms with van der Waals surface area (Å²) < 4.78 is 0. The maximum Gasteiger partial charge on any atom is 0.0606 e. The van der Waals surface area contributed by atoms with Gasteiger partial charge in [-0.25, -0.2) is 0 Å². The predicted octanol–water partition coefficient (Wildman–Crippen LogP) is 1.62. The van der Waals surface area contributed by atoms with Crippen LogP contribution in [0.1, 0.15) is 5.56 Å². The summed E-state index contributed by atoms with van der Waals surface area (Å²) in [4.78, 5) is 1.98. The van der Waals surface area contributed by atoms with E-state index in [1.165, 1.54) is 5.56 Å². The normalized spacial score (nSPS) is 9.62. The van der Waals surface area contributed by atoms with Crippen molar-refractivity contribution in [2.45, 2.75) is 6.54 Å². The minimum atomic E-state index is 0.166. The Kier molecular flexibility index (Phi) is 4.06. The Morgan fingerprint density at radius 3 is 2.54 bits per heavy atom. The first-order valence-electron chi connectivity index (χ1n) is 4.38. The van der Waals surface area contributed by atoms with Crippen molar-refractivity contribution in [3.8, 4) is 0 Å². The lowest BCUT2D eigenvalue weighted by molar-refractivity contribution is 0.233. The zero-order valence-corrected chi connectivity index (χ0v) is 7.69. The molecule has 0 unspecified atom stereocenters. The summed E-state index contributed by atoms with van der Waals surface area (Å²) in [5.74, 6) is 0. The number of nitrogens with zero attached hydrogens (tertiary/aromatic N) is 1. The second-order valence-corrected chi connectivity index (χ2v) is 2.86. The third-order valence-corrected chi connectivity index (χ3v) is 1.87. The standard InChI is InChI=1S/C11H15NO/c1-2-12(8-9-13)10-11-6-4-3-5-7-11/h2-7,13H,1,8-10H2. The molecular weight excluding hydrogens is 162 g/mol. The van der Waals surface area contributed by atoms with E-state index in [1.807, 2.05) is 23.1 Å². The van der Waals surface area contributed by atoms with E-state index in [0.717, 1.165) is 6.54 Å². The second kappa shape index (κ2) is 5.38. The molecule has 1 aromatic rings. The number of aliphatic hydroxyl groups is 1. The molecule has 70 valence electrons. The average Bonchev–Trinajstić information content (AvgIpc) is 2.19. The second-order valence-electron chi connectivity index (χ2n) is 2.86. The van der Waals surface area contributed by atoms with Crippen molar-refractivity contribution < 1.29 is 5.11 Å². The monoisotopic (exact) mass is 177 g/mol. The fourth-order valence-electron chi connectivity index (χ4n) is 1.18. The van der Waals surface area contributed by atoms with Gasteiger partial charge in [0.2, 0.25) is 0 Å². The summed E-state index contributed by atoms with van der Waals surface area (Å²) in [5.41, 5.74) is 1.23. The van der Waals surface area contributed by atoms with Gasteiger partial charge in [0.1, 0.15) is 0 Å². The van der Waals surface area contributed by atoms with Crippen molar-refractivity contribution >= 4 is 0 Å². The Labute approximate surface area is 79.1 Å². The van der Waals surface area contributed by atoms with Crippen LogP contribution < -0.4 is 0 Å². The van der Waals surface area contributed by atoms with E-state index in [1.54, 1.807) is 6.20 Å². The van der Waals surface area contributed by atoms with Gasteiger partial charge in [0.05, 0.1) is 6.61 Å². The first-order chi connectivity index (χ1) is 6.36. The van der Waals surface area contributed by atoms with Crippen LogP contribution in [0.5, 0.6) is 0 Å². The van der Waals surface area contributed by atoms with Crippen molar-refractivity contribution in [1.29, 1.82) is 0 Å². The Bertz CT molecular complexity index is 246. The zero-order chi connectivity index (χ0) is 9.52. The van der Waals surface area contributed by atoms with E-state index in [4.69, 9.17) is 5.11 Å². The average molecular weight is 177 g/mol. The number of hydrogen-bond donors (Lipinski definition) is 1. The minimum absolute atomic E-state index is 0.166. The van der Waals surface area contributed by atoms with Gasteiger partial charge in [0, 0.05) is 13.1 Å². The molecule has 2 heteroatoms. The van der Waals surface area contributed by atoms with Gasteiger partial charge in [-0.2, -0.15) is 0 Å². The van der Waals surface area contributed by atoms with Gasteiger partial charge < -0.3 is 10.0 Å². The highest BCUT2D eigenvalue weighted by Crippen LogP contribution is 2.03. The van der Waals surface area contributed by atoms with E-state index in [9.17, 15) is 0 Å². The fraction of sp³-hybridized carbons (Fsp3) is 0.273. The Balaban J connectivity index is 2.51. The molecule has 0 bridgehead atoms. The first kappa shape index (κ1) is 9.81. The molecule has 0 atom stereocenters. The smallest absolute Gasteiger partial charge is 0.0606 e. The van der Waals surface area contributed by atoms with Crippen molar-refractivity contribution in [2.24, 2.45) is 0 Å². The lowest BCUT2D eigenvalue weighted by Gasteiger charge is -2.18. The Morgan fingerprint density at radius 1 is 1.31 bits per heavy atom. The van der Waals surface area contributed by atoms with E-state index in [2.05, 4.69) is 18.7 Å². The van der Waals surface area contributed by atoms with Crippen LogP contribution >= 0.6 is 0 Å². The van der Waals surface area contributed by atoms with Crippen LogP contribution in [0.4, 0.5) is 0 Å². The summed E-state index contributed by atoms with van der Waals surface area (Å²) in [5, 5.41) is 8.76. The number of hydrogen-bond acceptors (Lipinski definition) is 2. The van der Waals surface area contributed by atoms with Crippen LogP contribution in [0, 0.1) is 0 Å². The molecule has 0 spiro atoms. The SMILES string of the molecule is C=CN(CCO)Cc1ccccc1. The maximum absolute atomic E-state index is 8.76. The molecule has 0 fully saturated rings. The number of benzene rings is 1. The summed E-state index contributed by atoms with van der Waals surface area (Å²) >= 11 is 0. The minimum Gasteiger partial charge on any atom is -0.395 e. The fourth-order valence-corrected chi connectivity index (χ4v) is 1.18. The molecule has 0 aromatic heterocycles.